The number of nitrogens with one attached hydrogen (secondary N) is 1. The Bertz CT molecular complexity index is 206. The van der Waals surface area contributed by atoms with E-state index in [1.165, 1.54) is 32.5 Å². The van der Waals surface area contributed by atoms with E-state index in [9.17, 15) is 0 Å². The van der Waals surface area contributed by atoms with Crippen molar-refractivity contribution in [3.05, 3.63) is 0 Å². The first kappa shape index (κ1) is 14.9. The third kappa shape index (κ3) is 4.57. The maximum Gasteiger partial charge on any atom is 0.0120 e. The van der Waals surface area contributed by atoms with E-state index in [1.807, 2.05) is 0 Å². The zero-order valence-corrected chi connectivity index (χ0v) is 12.4. The first-order valence-electron chi connectivity index (χ1n) is 7.18. The lowest BCUT2D eigenvalue weighted by molar-refractivity contribution is 0.0826. The van der Waals surface area contributed by atoms with Crippen LogP contribution in [0.4, 0.5) is 0 Å². The van der Waals surface area contributed by atoms with Crippen LogP contribution in [0.1, 0.15) is 33.6 Å². The van der Waals surface area contributed by atoms with Crippen molar-refractivity contribution in [1.29, 1.82) is 0 Å². The van der Waals surface area contributed by atoms with Crippen molar-refractivity contribution in [2.24, 2.45) is 5.92 Å². The molecule has 17 heavy (non-hydrogen) atoms. The molecule has 0 aliphatic carbocycles. The highest BCUT2D eigenvalue weighted by Crippen LogP contribution is 2.23. The minimum Gasteiger partial charge on any atom is -0.314 e. The van der Waals surface area contributed by atoms with Crippen LogP contribution in [0, 0.1) is 5.92 Å². The van der Waals surface area contributed by atoms with E-state index in [0.717, 1.165) is 24.5 Å². The fraction of sp³-hybridized carbons (Fsp3) is 1.00. The fourth-order valence-electron chi connectivity index (χ4n) is 2.90. The maximum absolute atomic E-state index is 3.62. The lowest BCUT2D eigenvalue weighted by Crippen LogP contribution is -2.53. The third-order valence-electron chi connectivity index (χ3n) is 4.22. The molecule has 102 valence electrons. The Balaban J connectivity index is 2.34. The van der Waals surface area contributed by atoms with Gasteiger partial charge >= 0.3 is 0 Å². The molecule has 3 nitrogen and oxygen atoms in total. The monoisotopic (exact) mass is 241 g/mol. The molecule has 0 aromatic carbocycles. The zero-order chi connectivity index (χ0) is 12.8. The lowest BCUT2D eigenvalue weighted by Gasteiger charge is -2.43. The summed E-state index contributed by atoms with van der Waals surface area (Å²) in [5.41, 5.74) is 0. The number of likely N-dealkylation sites (tertiary alicyclic amines) is 1. The van der Waals surface area contributed by atoms with Crippen LogP contribution in [0.5, 0.6) is 0 Å². The molecular weight excluding hydrogens is 210 g/mol. The highest BCUT2D eigenvalue weighted by Gasteiger charge is 2.31. The van der Waals surface area contributed by atoms with Crippen molar-refractivity contribution in [3.8, 4) is 0 Å². The normalized spacial score (nSPS) is 31.1. The standard InChI is InChI=1S/C14H31N3/c1-6-15-14-8-11-17(13(3)12(14)2)10-7-9-16(4)5/h12-15H,6-11H2,1-5H3. The number of piperidine rings is 1. The Labute approximate surface area is 108 Å². The Hall–Kier alpha value is -0.120. The van der Waals surface area contributed by atoms with E-state index in [2.05, 4.69) is 50.0 Å². The molecule has 1 rings (SSSR count). The Morgan fingerprint density at radius 2 is 2.00 bits per heavy atom. The summed E-state index contributed by atoms with van der Waals surface area (Å²) in [4.78, 5) is 4.95. The lowest BCUT2D eigenvalue weighted by atomic mass is 9.87. The topological polar surface area (TPSA) is 18.5 Å². The second kappa shape index (κ2) is 7.34. The molecule has 1 saturated heterocycles. The summed E-state index contributed by atoms with van der Waals surface area (Å²) in [6.07, 6.45) is 2.59. The van der Waals surface area contributed by atoms with Gasteiger partial charge < -0.3 is 15.1 Å². The minimum absolute atomic E-state index is 0.718. The molecule has 1 heterocycles. The summed E-state index contributed by atoms with van der Waals surface area (Å²) in [6.45, 7) is 11.8. The Kier molecular flexibility index (Phi) is 6.45. The molecule has 0 saturated carbocycles. The molecule has 3 atom stereocenters. The molecule has 0 aromatic heterocycles. The van der Waals surface area contributed by atoms with E-state index in [0.29, 0.717) is 0 Å². The van der Waals surface area contributed by atoms with Gasteiger partial charge in [0.1, 0.15) is 0 Å². The van der Waals surface area contributed by atoms with E-state index < -0.39 is 0 Å². The van der Waals surface area contributed by atoms with E-state index in [4.69, 9.17) is 0 Å². The predicted octanol–water partition coefficient (Wildman–Crippen LogP) is 1.65. The summed E-state index contributed by atoms with van der Waals surface area (Å²) in [7, 11) is 4.31. The van der Waals surface area contributed by atoms with Gasteiger partial charge in [-0.15, -0.1) is 0 Å². The van der Waals surface area contributed by atoms with Gasteiger partial charge in [-0.05, 0) is 66.0 Å². The van der Waals surface area contributed by atoms with Crippen molar-refractivity contribution < 1.29 is 0 Å². The Morgan fingerprint density at radius 1 is 1.29 bits per heavy atom. The van der Waals surface area contributed by atoms with E-state index in [-0.39, 0.29) is 0 Å². The van der Waals surface area contributed by atoms with Crippen LogP contribution in [-0.4, -0.2) is 62.2 Å². The highest BCUT2D eigenvalue weighted by molar-refractivity contribution is 4.88. The van der Waals surface area contributed by atoms with Gasteiger partial charge in [-0.2, -0.15) is 0 Å². The number of rotatable bonds is 6. The molecule has 1 aliphatic rings. The average molecular weight is 241 g/mol. The largest absolute Gasteiger partial charge is 0.314 e. The number of nitrogens with zero attached hydrogens (tertiary/aromatic N) is 2. The van der Waals surface area contributed by atoms with Crippen LogP contribution in [0.3, 0.4) is 0 Å². The van der Waals surface area contributed by atoms with Crippen LogP contribution in [0.15, 0.2) is 0 Å². The average Bonchev–Trinajstić information content (AvgIpc) is 2.28. The molecule has 3 unspecified atom stereocenters. The Morgan fingerprint density at radius 3 is 2.59 bits per heavy atom. The smallest absolute Gasteiger partial charge is 0.0120 e. The predicted molar refractivity (Wildman–Crippen MR) is 75.5 cm³/mol. The summed E-state index contributed by atoms with van der Waals surface area (Å²) in [5, 5.41) is 3.62. The molecule has 0 spiro atoms. The van der Waals surface area contributed by atoms with Crippen LogP contribution < -0.4 is 5.32 Å². The fourth-order valence-corrected chi connectivity index (χ4v) is 2.90. The SMILES string of the molecule is CCNC1CCN(CCCN(C)C)C(C)C1C. The molecular formula is C14H31N3. The molecule has 1 aliphatic heterocycles. The van der Waals surface area contributed by atoms with Crippen LogP contribution in [0.25, 0.3) is 0 Å². The highest BCUT2D eigenvalue weighted by atomic mass is 15.2. The third-order valence-corrected chi connectivity index (χ3v) is 4.22. The van der Waals surface area contributed by atoms with Crippen LogP contribution in [0.2, 0.25) is 0 Å². The second-order valence-electron chi connectivity index (χ2n) is 5.75. The zero-order valence-electron chi connectivity index (χ0n) is 12.4. The molecule has 0 bridgehead atoms. The molecule has 0 aromatic rings. The van der Waals surface area contributed by atoms with Gasteiger partial charge in [-0.1, -0.05) is 13.8 Å². The first-order valence-corrected chi connectivity index (χ1v) is 7.18. The van der Waals surface area contributed by atoms with E-state index >= 15 is 0 Å². The van der Waals surface area contributed by atoms with Gasteiger partial charge in [0.15, 0.2) is 0 Å². The maximum atomic E-state index is 3.62. The van der Waals surface area contributed by atoms with Gasteiger partial charge in [0, 0.05) is 12.1 Å². The van der Waals surface area contributed by atoms with Gasteiger partial charge in [-0.25, -0.2) is 0 Å². The minimum atomic E-state index is 0.718. The van der Waals surface area contributed by atoms with Gasteiger partial charge in [0.05, 0.1) is 0 Å². The molecule has 0 radical (unpaired) electrons. The molecule has 1 N–H and O–H groups in total. The van der Waals surface area contributed by atoms with Crippen LogP contribution >= 0.6 is 0 Å². The number of hydrogen-bond donors (Lipinski definition) is 1. The molecule has 3 heteroatoms. The van der Waals surface area contributed by atoms with Crippen molar-refractivity contribution in [3.63, 3.8) is 0 Å². The molecule has 0 amide bonds. The number of hydrogen-bond acceptors (Lipinski definition) is 3. The van der Waals surface area contributed by atoms with Crippen molar-refractivity contribution in [1.82, 2.24) is 15.1 Å². The van der Waals surface area contributed by atoms with Gasteiger partial charge in [-0.3, -0.25) is 0 Å². The molecule has 1 fully saturated rings. The summed E-state index contributed by atoms with van der Waals surface area (Å²) >= 11 is 0. The quantitative estimate of drug-likeness (QED) is 0.763. The summed E-state index contributed by atoms with van der Waals surface area (Å²) in [6, 6.07) is 1.44. The van der Waals surface area contributed by atoms with Crippen molar-refractivity contribution in [2.75, 3.05) is 40.3 Å². The van der Waals surface area contributed by atoms with Gasteiger partial charge in [0.2, 0.25) is 0 Å². The first-order chi connectivity index (χ1) is 8.06. The second-order valence-corrected chi connectivity index (χ2v) is 5.75. The summed E-state index contributed by atoms with van der Waals surface area (Å²) < 4.78 is 0. The van der Waals surface area contributed by atoms with Gasteiger partial charge in [0.25, 0.3) is 0 Å². The van der Waals surface area contributed by atoms with Crippen LogP contribution in [-0.2, 0) is 0 Å². The van der Waals surface area contributed by atoms with E-state index in [1.54, 1.807) is 0 Å². The van der Waals surface area contributed by atoms with Crippen molar-refractivity contribution in [2.45, 2.75) is 45.7 Å². The summed E-state index contributed by atoms with van der Waals surface area (Å²) in [5.74, 6) is 0.767. The van der Waals surface area contributed by atoms with Crippen molar-refractivity contribution >= 4 is 0 Å².